The van der Waals surface area contributed by atoms with Crippen LogP contribution in [0.1, 0.15) is 24.0 Å². The maximum atomic E-state index is 12.8. The number of pyridine rings is 1. The third kappa shape index (κ3) is 4.29. The molecule has 0 saturated carbocycles. The molecule has 1 atom stereocenters. The minimum atomic E-state index is -0.315. The summed E-state index contributed by atoms with van der Waals surface area (Å²) in [7, 11) is 1.61. The molecule has 1 amide bonds. The Kier molecular flexibility index (Phi) is 6.11. The van der Waals surface area contributed by atoms with Gasteiger partial charge in [-0.3, -0.25) is 9.78 Å². The summed E-state index contributed by atoms with van der Waals surface area (Å²) in [4.78, 5) is 18.5. The molecule has 2 rings (SSSR count). The van der Waals surface area contributed by atoms with Crippen molar-refractivity contribution < 1.29 is 14.6 Å². The highest BCUT2D eigenvalue weighted by molar-refractivity contribution is 5.83. The Morgan fingerprint density at radius 1 is 1.30 bits per heavy atom. The molecule has 1 aromatic heterocycles. The first kappa shape index (κ1) is 17.0. The van der Waals surface area contributed by atoms with Crippen LogP contribution in [0.5, 0.6) is 5.75 Å². The van der Waals surface area contributed by atoms with E-state index in [0.717, 1.165) is 16.9 Å². The lowest BCUT2D eigenvalue weighted by Crippen LogP contribution is -2.36. The number of aromatic nitrogens is 1. The number of nitrogens with zero attached hydrogens (tertiary/aromatic N) is 2. The topological polar surface area (TPSA) is 62.7 Å². The van der Waals surface area contributed by atoms with Crippen molar-refractivity contribution in [2.75, 3.05) is 20.3 Å². The standard InChI is InChI=1S/C18H22N2O3/c1-14(15-7-5-9-19-12-15)18(22)20(10-11-21)13-16-6-3-4-8-17(16)23-2/h3-9,12,14,21H,10-11,13H2,1-2H3. The molecule has 5 nitrogen and oxygen atoms in total. The molecule has 122 valence electrons. The second-order valence-corrected chi connectivity index (χ2v) is 5.30. The zero-order chi connectivity index (χ0) is 16.7. The number of amides is 1. The van der Waals surface area contributed by atoms with Gasteiger partial charge in [0.25, 0.3) is 0 Å². The average molecular weight is 314 g/mol. The first-order valence-corrected chi connectivity index (χ1v) is 7.58. The Morgan fingerprint density at radius 2 is 2.09 bits per heavy atom. The van der Waals surface area contributed by atoms with E-state index in [4.69, 9.17) is 4.74 Å². The van der Waals surface area contributed by atoms with Crippen molar-refractivity contribution >= 4 is 5.91 Å². The number of aliphatic hydroxyl groups excluding tert-OH is 1. The van der Waals surface area contributed by atoms with Crippen molar-refractivity contribution in [2.24, 2.45) is 0 Å². The zero-order valence-corrected chi connectivity index (χ0v) is 13.5. The highest BCUT2D eigenvalue weighted by Crippen LogP contribution is 2.22. The van der Waals surface area contributed by atoms with Crippen LogP contribution >= 0.6 is 0 Å². The largest absolute Gasteiger partial charge is 0.496 e. The summed E-state index contributed by atoms with van der Waals surface area (Å²) in [6.07, 6.45) is 3.38. The van der Waals surface area contributed by atoms with Crippen molar-refractivity contribution in [3.8, 4) is 5.75 Å². The summed E-state index contributed by atoms with van der Waals surface area (Å²) >= 11 is 0. The lowest BCUT2D eigenvalue weighted by Gasteiger charge is -2.26. The van der Waals surface area contributed by atoms with Crippen LogP contribution in [0.3, 0.4) is 0 Å². The summed E-state index contributed by atoms with van der Waals surface area (Å²) in [6, 6.07) is 11.3. The molecule has 0 fully saturated rings. The van der Waals surface area contributed by atoms with Gasteiger partial charge >= 0.3 is 0 Å². The van der Waals surface area contributed by atoms with Gasteiger partial charge in [0.2, 0.25) is 5.91 Å². The van der Waals surface area contributed by atoms with E-state index in [0.29, 0.717) is 6.54 Å². The molecule has 0 spiro atoms. The number of para-hydroxylation sites is 1. The summed E-state index contributed by atoms with van der Waals surface area (Å²) in [5.74, 6) is 0.375. The SMILES string of the molecule is COc1ccccc1CN(CCO)C(=O)C(C)c1cccnc1. The number of hydrogen-bond acceptors (Lipinski definition) is 4. The van der Waals surface area contributed by atoms with Crippen molar-refractivity contribution in [1.29, 1.82) is 0 Å². The first-order chi connectivity index (χ1) is 11.2. The van der Waals surface area contributed by atoms with Gasteiger partial charge in [0, 0.05) is 31.0 Å². The fraction of sp³-hybridized carbons (Fsp3) is 0.333. The molecule has 1 N–H and O–H groups in total. The average Bonchev–Trinajstić information content (AvgIpc) is 2.61. The van der Waals surface area contributed by atoms with Gasteiger partial charge in [0.15, 0.2) is 0 Å². The van der Waals surface area contributed by atoms with Gasteiger partial charge in [0.1, 0.15) is 5.75 Å². The molecule has 1 aromatic carbocycles. The van der Waals surface area contributed by atoms with Gasteiger partial charge in [-0.15, -0.1) is 0 Å². The van der Waals surface area contributed by atoms with Crippen LogP contribution < -0.4 is 4.74 Å². The van der Waals surface area contributed by atoms with E-state index in [1.54, 1.807) is 24.4 Å². The third-order valence-electron chi connectivity index (χ3n) is 3.79. The number of methoxy groups -OCH3 is 1. The minimum Gasteiger partial charge on any atom is -0.496 e. The predicted octanol–water partition coefficient (Wildman–Crippen LogP) is 2.21. The number of carbonyl (C=O) groups excluding carboxylic acids is 1. The van der Waals surface area contributed by atoms with Crippen molar-refractivity contribution in [1.82, 2.24) is 9.88 Å². The fourth-order valence-corrected chi connectivity index (χ4v) is 2.48. The molecule has 0 radical (unpaired) electrons. The van der Waals surface area contributed by atoms with Crippen LogP contribution in [0.25, 0.3) is 0 Å². The van der Waals surface area contributed by atoms with Crippen LogP contribution in [0.4, 0.5) is 0 Å². The van der Waals surface area contributed by atoms with E-state index in [1.807, 2.05) is 43.3 Å². The maximum Gasteiger partial charge on any atom is 0.230 e. The van der Waals surface area contributed by atoms with Crippen molar-refractivity contribution in [3.05, 3.63) is 59.9 Å². The Bertz CT molecular complexity index is 631. The lowest BCUT2D eigenvalue weighted by atomic mass is 10.0. The van der Waals surface area contributed by atoms with Crippen LogP contribution in [0.15, 0.2) is 48.8 Å². The summed E-state index contributed by atoms with van der Waals surface area (Å²) in [5.41, 5.74) is 1.77. The molecule has 0 aliphatic heterocycles. The predicted molar refractivity (Wildman–Crippen MR) is 88.1 cm³/mol. The Hall–Kier alpha value is -2.40. The summed E-state index contributed by atoms with van der Waals surface area (Å²) in [5, 5.41) is 9.30. The molecular formula is C18H22N2O3. The summed E-state index contributed by atoms with van der Waals surface area (Å²) in [6.45, 7) is 2.45. The van der Waals surface area contributed by atoms with E-state index in [1.165, 1.54) is 0 Å². The maximum absolute atomic E-state index is 12.8. The fourth-order valence-electron chi connectivity index (χ4n) is 2.48. The molecule has 1 unspecified atom stereocenters. The number of ether oxygens (including phenoxy) is 1. The quantitative estimate of drug-likeness (QED) is 0.851. The molecule has 5 heteroatoms. The Labute approximate surface area is 136 Å². The van der Waals surface area contributed by atoms with Crippen LogP contribution in [-0.2, 0) is 11.3 Å². The zero-order valence-electron chi connectivity index (χ0n) is 13.5. The number of aliphatic hydroxyl groups is 1. The Morgan fingerprint density at radius 3 is 2.74 bits per heavy atom. The van der Waals surface area contributed by atoms with E-state index in [9.17, 15) is 9.90 Å². The minimum absolute atomic E-state index is 0.0436. The molecule has 0 saturated heterocycles. The molecular weight excluding hydrogens is 292 g/mol. The molecule has 2 aromatic rings. The Balaban J connectivity index is 2.19. The van der Waals surface area contributed by atoms with E-state index < -0.39 is 0 Å². The molecule has 0 bridgehead atoms. The van der Waals surface area contributed by atoms with Crippen molar-refractivity contribution in [2.45, 2.75) is 19.4 Å². The van der Waals surface area contributed by atoms with Gasteiger partial charge in [-0.2, -0.15) is 0 Å². The molecule has 0 aliphatic carbocycles. The number of benzene rings is 1. The molecule has 23 heavy (non-hydrogen) atoms. The second kappa shape index (κ2) is 8.29. The number of hydrogen-bond donors (Lipinski definition) is 1. The van der Waals surface area contributed by atoms with E-state index >= 15 is 0 Å². The van der Waals surface area contributed by atoms with Crippen LogP contribution in [0, 0.1) is 0 Å². The normalized spacial score (nSPS) is 11.8. The van der Waals surface area contributed by atoms with Crippen molar-refractivity contribution in [3.63, 3.8) is 0 Å². The first-order valence-electron chi connectivity index (χ1n) is 7.58. The van der Waals surface area contributed by atoms with Crippen LogP contribution in [0.2, 0.25) is 0 Å². The van der Waals surface area contributed by atoms with Gasteiger partial charge in [-0.1, -0.05) is 24.3 Å². The third-order valence-corrected chi connectivity index (χ3v) is 3.79. The number of carbonyl (C=O) groups is 1. The number of rotatable bonds is 7. The van der Waals surface area contributed by atoms with E-state index in [-0.39, 0.29) is 25.0 Å². The molecule has 1 heterocycles. The lowest BCUT2D eigenvalue weighted by molar-refractivity contribution is -0.133. The van der Waals surface area contributed by atoms with Gasteiger partial charge < -0.3 is 14.7 Å². The smallest absolute Gasteiger partial charge is 0.230 e. The van der Waals surface area contributed by atoms with Crippen LogP contribution in [-0.4, -0.2) is 41.2 Å². The van der Waals surface area contributed by atoms with Gasteiger partial charge in [-0.05, 0) is 24.6 Å². The van der Waals surface area contributed by atoms with E-state index in [2.05, 4.69) is 4.98 Å². The highest BCUT2D eigenvalue weighted by Gasteiger charge is 2.22. The molecule has 0 aliphatic rings. The highest BCUT2D eigenvalue weighted by atomic mass is 16.5. The van der Waals surface area contributed by atoms with Gasteiger partial charge in [0.05, 0.1) is 19.6 Å². The second-order valence-electron chi connectivity index (χ2n) is 5.30. The van der Waals surface area contributed by atoms with Gasteiger partial charge in [-0.25, -0.2) is 0 Å². The summed E-state index contributed by atoms with van der Waals surface area (Å²) < 4.78 is 5.34. The monoisotopic (exact) mass is 314 g/mol.